The van der Waals surface area contributed by atoms with Gasteiger partial charge in [0.25, 0.3) is 0 Å². The summed E-state index contributed by atoms with van der Waals surface area (Å²) in [5.74, 6) is -0.462. The summed E-state index contributed by atoms with van der Waals surface area (Å²) in [4.78, 5) is 12.2. The maximum absolute atomic E-state index is 13.0. The molecule has 0 amide bonds. The summed E-state index contributed by atoms with van der Waals surface area (Å²) in [5, 5.41) is 4.24. The molecular weight excluding hydrogens is 379 g/mol. The Bertz CT molecular complexity index is 652. The second kappa shape index (κ2) is 5.54. The Morgan fingerprint density at radius 1 is 1.42 bits per heavy atom. The number of benzene rings is 1. The zero-order valence-corrected chi connectivity index (χ0v) is 13.5. The molecule has 3 nitrogen and oxygen atoms in total. The van der Waals surface area contributed by atoms with Crippen LogP contribution in [0, 0.1) is 12.7 Å². The molecule has 0 atom stereocenters. The highest BCUT2D eigenvalue weighted by molar-refractivity contribution is 9.10. The minimum Gasteiger partial charge on any atom is -0.294 e. The second-order valence-electron chi connectivity index (χ2n) is 4.19. The van der Waals surface area contributed by atoms with Gasteiger partial charge in [-0.3, -0.25) is 9.48 Å². The molecular formula is C13H11Br2FN2O. The van der Waals surface area contributed by atoms with Crippen LogP contribution >= 0.6 is 31.9 Å². The van der Waals surface area contributed by atoms with E-state index in [4.69, 9.17) is 0 Å². The summed E-state index contributed by atoms with van der Waals surface area (Å²) >= 11 is 6.63. The zero-order valence-electron chi connectivity index (χ0n) is 10.4. The summed E-state index contributed by atoms with van der Waals surface area (Å²) < 4.78 is 16.0. The van der Waals surface area contributed by atoms with Crippen LogP contribution in [0.15, 0.2) is 27.1 Å². The van der Waals surface area contributed by atoms with E-state index in [0.29, 0.717) is 10.0 Å². The molecule has 0 aliphatic rings. The fourth-order valence-electron chi connectivity index (χ4n) is 1.84. The first kappa shape index (κ1) is 14.4. The molecule has 0 bridgehead atoms. The number of hydrogen-bond donors (Lipinski definition) is 0. The van der Waals surface area contributed by atoms with E-state index in [-0.39, 0.29) is 18.0 Å². The van der Waals surface area contributed by atoms with E-state index in [9.17, 15) is 9.18 Å². The normalized spacial score (nSPS) is 10.8. The van der Waals surface area contributed by atoms with Crippen LogP contribution in [0.2, 0.25) is 0 Å². The van der Waals surface area contributed by atoms with Crippen LogP contribution in [0.1, 0.15) is 21.7 Å². The molecule has 100 valence electrons. The summed E-state index contributed by atoms with van der Waals surface area (Å²) in [7, 11) is 1.79. The van der Waals surface area contributed by atoms with Crippen molar-refractivity contribution in [3.05, 3.63) is 49.9 Å². The van der Waals surface area contributed by atoms with Crippen LogP contribution in [-0.4, -0.2) is 15.6 Å². The smallest absolute Gasteiger partial charge is 0.169 e. The van der Waals surface area contributed by atoms with Crippen LogP contribution < -0.4 is 0 Å². The molecule has 1 heterocycles. The molecule has 19 heavy (non-hydrogen) atoms. The number of rotatable bonds is 3. The van der Waals surface area contributed by atoms with Crippen LogP contribution in [0.5, 0.6) is 0 Å². The van der Waals surface area contributed by atoms with Gasteiger partial charge in [0.2, 0.25) is 0 Å². The molecule has 6 heteroatoms. The third-order valence-electron chi connectivity index (χ3n) is 2.82. The van der Waals surface area contributed by atoms with Crippen molar-refractivity contribution in [2.24, 2.45) is 7.05 Å². The average molecular weight is 390 g/mol. The first-order valence-corrected chi connectivity index (χ1v) is 7.15. The van der Waals surface area contributed by atoms with Gasteiger partial charge in [-0.25, -0.2) is 4.39 Å². The Labute approximate surface area is 127 Å². The van der Waals surface area contributed by atoms with Crippen molar-refractivity contribution in [3.8, 4) is 0 Å². The molecule has 0 unspecified atom stereocenters. The highest BCUT2D eigenvalue weighted by atomic mass is 79.9. The van der Waals surface area contributed by atoms with Crippen molar-refractivity contribution < 1.29 is 9.18 Å². The number of carbonyl (C=O) groups is 1. The number of ketones is 1. The Hall–Kier alpha value is -1.01. The van der Waals surface area contributed by atoms with Crippen molar-refractivity contribution in [2.75, 3.05) is 0 Å². The quantitative estimate of drug-likeness (QED) is 0.748. The summed E-state index contributed by atoms with van der Waals surface area (Å²) in [5.41, 5.74) is 2.11. The number of Topliss-reactive ketones (excluding diaryl/α,β-unsaturated/α-hetero) is 1. The van der Waals surface area contributed by atoms with Gasteiger partial charge in [0.15, 0.2) is 5.78 Å². The Balaban J connectivity index is 2.31. The number of hydrogen-bond acceptors (Lipinski definition) is 2. The molecule has 1 aromatic carbocycles. The predicted molar refractivity (Wildman–Crippen MR) is 77.8 cm³/mol. The Morgan fingerprint density at radius 3 is 2.63 bits per heavy atom. The zero-order chi connectivity index (χ0) is 14.2. The van der Waals surface area contributed by atoms with Gasteiger partial charge in [-0.15, -0.1) is 0 Å². The van der Waals surface area contributed by atoms with Crippen LogP contribution in [0.3, 0.4) is 0 Å². The van der Waals surface area contributed by atoms with Gasteiger partial charge in [-0.05, 0) is 57.0 Å². The van der Waals surface area contributed by atoms with Gasteiger partial charge in [0.1, 0.15) is 5.82 Å². The van der Waals surface area contributed by atoms with Gasteiger partial charge in [-0.1, -0.05) is 0 Å². The predicted octanol–water partition coefficient (Wildman–Crippen LogP) is 3.82. The lowest BCUT2D eigenvalue weighted by atomic mass is 10.1. The lowest BCUT2D eigenvalue weighted by molar-refractivity contribution is 0.0990. The molecule has 0 aliphatic carbocycles. The number of carbonyl (C=O) groups excluding carboxylic acids is 1. The lowest BCUT2D eigenvalue weighted by Gasteiger charge is -2.05. The third-order valence-corrected chi connectivity index (χ3v) is 4.51. The first-order chi connectivity index (χ1) is 8.90. The summed E-state index contributed by atoms with van der Waals surface area (Å²) in [6, 6.07) is 4.05. The molecule has 0 fully saturated rings. The van der Waals surface area contributed by atoms with E-state index in [0.717, 1.165) is 15.9 Å². The molecule has 0 radical (unpaired) electrons. The van der Waals surface area contributed by atoms with Crippen molar-refractivity contribution in [1.82, 2.24) is 9.78 Å². The molecule has 0 N–H and O–H groups in total. The monoisotopic (exact) mass is 388 g/mol. The molecule has 0 saturated carbocycles. The van der Waals surface area contributed by atoms with E-state index in [1.165, 1.54) is 18.2 Å². The lowest BCUT2D eigenvalue weighted by Crippen LogP contribution is -2.09. The van der Waals surface area contributed by atoms with E-state index >= 15 is 0 Å². The maximum Gasteiger partial charge on any atom is 0.169 e. The highest BCUT2D eigenvalue weighted by Gasteiger charge is 2.17. The van der Waals surface area contributed by atoms with Crippen molar-refractivity contribution in [2.45, 2.75) is 13.3 Å². The molecule has 0 aliphatic heterocycles. The topological polar surface area (TPSA) is 34.9 Å². The Morgan fingerprint density at radius 2 is 2.11 bits per heavy atom. The van der Waals surface area contributed by atoms with Crippen molar-refractivity contribution >= 4 is 37.6 Å². The average Bonchev–Trinajstić information content (AvgIpc) is 2.56. The minimum absolute atomic E-state index is 0.0874. The van der Waals surface area contributed by atoms with Gasteiger partial charge in [0, 0.05) is 17.1 Å². The highest BCUT2D eigenvalue weighted by Crippen LogP contribution is 2.24. The fourth-order valence-corrected chi connectivity index (χ4v) is 2.88. The largest absolute Gasteiger partial charge is 0.294 e. The van der Waals surface area contributed by atoms with Crippen molar-refractivity contribution in [1.29, 1.82) is 0 Å². The first-order valence-electron chi connectivity index (χ1n) is 5.56. The fraction of sp³-hybridized carbons (Fsp3) is 0.231. The van der Waals surface area contributed by atoms with Crippen molar-refractivity contribution in [3.63, 3.8) is 0 Å². The van der Waals surface area contributed by atoms with Gasteiger partial charge >= 0.3 is 0 Å². The molecule has 0 spiro atoms. The number of halogens is 3. The summed E-state index contributed by atoms with van der Waals surface area (Å²) in [6.07, 6.45) is 0.210. The van der Waals surface area contributed by atoms with Crippen LogP contribution in [-0.2, 0) is 13.5 Å². The number of nitrogens with zero attached hydrogens (tertiary/aromatic N) is 2. The summed E-state index contributed by atoms with van der Waals surface area (Å²) in [6.45, 7) is 1.87. The standard InChI is InChI=1S/C13H11Br2FN2O/c1-7-13(15)11(18(2)17-7)6-12(19)9-4-3-8(16)5-10(9)14/h3-5H,6H2,1-2H3. The Kier molecular flexibility index (Phi) is 4.20. The molecule has 1 aromatic heterocycles. The molecule has 2 rings (SSSR count). The van der Waals surface area contributed by atoms with Gasteiger partial charge < -0.3 is 0 Å². The van der Waals surface area contributed by atoms with E-state index in [1.54, 1.807) is 11.7 Å². The second-order valence-corrected chi connectivity index (χ2v) is 5.84. The number of aromatic nitrogens is 2. The maximum atomic E-state index is 13.0. The van der Waals surface area contributed by atoms with Crippen LogP contribution in [0.25, 0.3) is 0 Å². The number of aryl methyl sites for hydroxylation is 2. The van der Waals surface area contributed by atoms with Gasteiger partial charge in [-0.2, -0.15) is 5.10 Å². The van der Waals surface area contributed by atoms with Crippen LogP contribution in [0.4, 0.5) is 4.39 Å². The molecule has 2 aromatic rings. The van der Waals surface area contributed by atoms with E-state index in [2.05, 4.69) is 37.0 Å². The van der Waals surface area contributed by atoms with E-state index < -0.39 is 0 Å². The molecule has 0 saturated heterocycles. The minimum atomic E-state index is -0.374. The third kappa shape index (κ3) is 2.95. The van der Waals surface area contributed by atoms with E-state index in [1.807, 2.05) is 6.92 Å². The van der Waals surface area contributed by atoms with Gasteiger partial charge in [0.05, 0.1) is 22.3 Å². The SMILES string of the molecule is Cc1nn(C)c(CC(=O)c2ccc(F)cc2Br)c1Br.